The van der Waals surface area contributed by atoms with Crippen LogP contribution in [-0.2, 0) is 4.74 Å². The molecule has 1 fully saturated rings. The molecule has 1 aliphatic rings. The van der Waals surface area contributed by atoms with Crippen LogP contribution in [0.1, 0.15) is 31.1 Å². The van der Waals surface area contributed by atoms with Crippen molar-refractivity contribution >= 4 is 16.6 Å². The molecule has 0 saturated carbocycles. The van der Waals surface area contributed by atoms with Crippen molar-refractivity contribution in [3.63, 3.8) is 0 Å². The minimum atomic E-state index is -0.294. The van der Waals surface area contributed by atoms with E-state index in [0.717, 1.165) is 31.3 Å². The zero-order valence-corrected chi connectivity index (χ0v) is 10.3. The first kappa shape index (κ1) is 11.5. The summed E-state index contributed by atoms with van der Waals surface area (Å²) in [5, 5.41) is 5.10. The van der Waals surface area contributed by atoms with E-state index in [-0.39, 0.29) is 12.0 Å². The fourth-order valence-corrected chi connectivity index (χ4v) is 2.43. The van der Waals surface area contributed by atoms with Crippen molar-refractivity contribution in [1.82, 2.24) is 9.78 Å². The molecule has 1 aromatic heterocycles. The molecule has 1 aromatic carbocycles. The predicted octanol–water partition coefficient (Wildman–Crippen LogP) is 2.77. The number of nitrogen functional groups attached to an aromatic ring is 1. The molecule has 0 aliphatic carbocycles. The number of hydrogen-bond acceptors (Lipinski definition) is 3. The zero-order valence-electron chi connectivity index (χ0n) is 10.3. The molecule has 2 N–H and O–H groups in total. The smallest absolute Gasteiger partial charge is 0.150 e. The summed E-state index contributed by atoms with van der Waals surface area (Å²) in [6, 6.07) is 1.49. The number of aromatic nitrogens is 2. The van der Waals surface area contributed by atoms with Crippen LogP contribution in [0.2, 0.25) is 0 Å². The number of fused-ring (bicyclic) bond motifs is 1. The summed E-state index contributed by atoms with van der Waals surface area (Å²) in [4.78, 5) is 0. The number of nitrogens with two attached hydrogens (primary N) is 1. The van der Waals surface area contributed by atoms with Crippen LogP contribution >= 0.6 is 0 Å². The van der Waals surface area contributed by atoms with Crippen LogP contribution in [0.3, 0.4) is 0 Å². The summed E-state index contributed by atoms with van der Waals surface area (Å²) in [5.74, 6) is -0.294. The Labute approximate surface area is 105 Å². The van der Waals surface area contributed by atoms with E-state index in [9.17, 15) is 4.39 Å². The molecular weight excluding hydrogens is 233 g/mol. The second kappa shape index (κ2) is 4.24. The highest BCUT2D eigenvalue weighted by molar-refractivity contribution is 5.92. The van der Waals surface area contributed by atoms with Gasteiger partial charge in [-0.05, 0) is 26.2 Å². The second-order valence-electron chi connectivity index (χ2n) is 4.74. The Morgan fingerprint density at radius 1 is 1.50 bits per heavy atom. The van der Waals surface area contributed by atoms with E-state index in [1.54, 1.807) is 17.8 Å². The number of rotatable bonds is 1. The van der Waals surface area contributed by atoms with Crippen LogP contribution in [0.25, 0.3) is 10.9 Å². The Balaban J connectivity index is 2.13. The normalized spacial score (nSPS) is 20.4. The van der Waals surface area contributed by atoms with Gasteiger partial charge >= 0.3 is 0 Å². The molecule has 0 bridgehead atoms. The molecule has 1 atom stereocenters. The van der Waals surface area contributed by atoms with Crippen LogP contribution in [-0.4, -0.2) is 16.4 Å². The lowest BCUT2D eigenvalue weighted by Gasteiger charge is -2.23. The zero-order chi connectivity index (χ0) is 12.7. The maximum absolute atomic E-state index is 13.8. The van der Waals surface area contributed by atoms with Crippen molar-refractivity contribution in [2.45, 2.75) is 32.4 Å². The minimum absolute atomic E-state index is 0.0993. The fraction of sp³-hybridized carbons (Fsp3) is 0.462. The van der Waals surface area contributed by atoms with Gasteiger partial charge in [0.15, 0.2) is 6.23 Å². The molecule has 0 amide bonds. The van der Waals surface area contributed by atoms with Crippen molar-refractivity contribution in [2.75, 3.05) is 12.3 Å². The fourth-order valence-electron chi connectivity index (χ4n) is 2.43. The van der Waals surface area contributed by atoms with Crippen LogP contribution in [0.15, 0.2) is 12.3 Å². The number of hydrogen-bond donors (Lipinski definition) is 1. The van der Waals surface area contributed by atoms with Crippen LogP contribution in [0, 0.1) is 12.7 Å². The van der Waals surface area contributed by atoms with E-state index in [1.165, 1.54) is 6.07 Å². The van der Waals surface area contributed by atoms with E-state index in [0.29, 0.717) is 16.8 Å². The summed E-state index contributed by atoms with van der Waals surface area (Å²) in [5.41, 5.74) is 7.58. The van der Waals surface area contributed by atoms with Crippen molar-refractivity contribution in [1.29, 1.82) is 0 Å². The molecule has 18 heavy (non-hydrogen) atoms. The lowest BCUT2D eigenvalue weighted by atomic mass is 10.1. The minimum Gasteiger partial charge on any atom is -0.398 e. The first-order chi connectivity index (χ1) is 8.68. The van der Waals surface area contributed by atoms with Crippen molar-refractivity contribution in [3.05, 3.63) is 23.6 Å². The van der Waals surface area contributed by atoms with Gasteiger partial charge in [-0.3, -0.25) is 0 Å². The predicted molar refractivity (Wildman–Crippen MR) is 67.7 cm³/mol. The van der Waals surface area contributed by atoms with Crippen LogP contribution in [0.4, 0.5) is 10.1 Å². The third-order valence-electron chi connectivity index (χ3n) is 3.58. The quantitative estimate of drug-likeness (QED) is 0.791. The number of ether oxygens (including phenoxy) is 1. The number of benzene rings is 1. The first-order valence-electron chi connectivity index (χ1n) is 6.22. The standard InChI is InChI=1S/C13H16FN3O/c1-8-10(14)6-11-9(13(8)15)7-16-17(11)12-4-2-3-5-18-12/h6-7,12H,2-5,15H2,1H3. The molecule has 2 heterocycles. The maximum Gasteiger partial charge on any atom is 0.150 e. The van der Waals surface area contributed by atoms with Crippen LogP contribution in [0.5, 0.6) is 0 Å². The van der Waals surface area contributed by atoms with E-state index < -0.39 is 0 Å². The van der Waals surface area contributed by atoms with Crippen molar-refractivity contribution in [3.8, 4) is 0 Å². The molecule has 0 spiro atoms. The van der Waals surface area contributed by atoms with Gasteiger partial charge in [-0.1, -0.05) is 0 Å². The molecule has 1 aliphatic heterocycles. The van der Waals surface area contributed by atoms with E-state index in [2.05, 4.69) is 5.10 Å². The van der Waals surface area contributed by atoms with E-state index in [4.69, 9.17) is 10.5 Å². The molecule has 1 saturated heterocycles. The van der Waals surface area contributed by atoms with E-state index in [1.807, 2.05) is 0 Å². The Kier molecular flexibility index (Phi) is 2.70. The van der Waals surface area contributed by atoms with Gasteiger partial charge in [0.1, 0.15) is 5.82 Å². The van der Waals surface area contributed by atoms with E-state index >= 15 is 0 Å². The lowest BCUT2D eigenvalue weighted by Crippen LogP contribution is -2.19. The average molecular weight is 249 g/mol. The number of anilines is 1. The maximum atomic E-state index is 13.8. The van der Waals surface area contributed by atoms with Gasteiger partial charge in [0.25, 0.3) is 0 Å². The monoisotopic (exact) mass is 249 g/mol. The Hall–Kier alpha value is -1.62. The summed E-state index contributed by atoms with van der Waals surface area (Å²) < 4.78 is 21.2. The molecule has 3 rings (SSSR count). The van der Waals surface area contributed by atoms with Gasteiger partial charge < -0.3 is 10.5 Å². The molecule has 0 radical (unpaired) electrons. The van der Waals surface area contributed by atoms with Gasteiger partial charge in [0.05, 0.1) is 11.7 Å². The lowest BCUT2D eigenvalue weighted by molar-refractivity contribution is -0.0366. The first-order valence-corrected chi connectivity index (χ1v) is 6.22. The summed E-state index contributed by atoms with van der Waals surface area (Å²) in [6.07, 6.45) is 4.68. The molecule has 4 nitrogen and oxygen atoms in total. The topological polar surface area (TPSA) is 53.1 Å². The van der Waals surface area contributed by atoms with Gasteiger partial charge in [-0.15, -0.1) is 0 Å². The van der Waals surface area contributed by atoms with Crippen molar-refractivity contribution in [2.24, 2.45) is 0 Å². The summed E-state index contributed by atoms with van der Waals surface area (Å²) in [6.45, 7) is 2.41. The van der Waals surface area contributed by atoms with Gasteiger partial charge in [0, 0.05) is 29.3 Å². The summed E-state index contributed by atoms with van der Waals surface area (Å²) in [7, 11) is 0. The number of halogens is 1. The Morgan fingerprint density at radius 2 is 2.33 bits per heavy atom. The number of nitrogens with zero attached hydrogens (tertiary/aromatic N) is 2. The Morgan fingerprint density at radius 3 is 3.06 bits per heavy atom. The van der Waals surface area contributed by atoms with Crippen molar-refractivity contribution < 1.29 is 9.13 Å². The highest BCUT2D eigenvalue weighted by atomic mass is 19.1. The van der Waals surface area contributed by atoms with Gasteiger partial charge in [-0.2, -0.15) is 5.10 Å². The molecule has 1 unspecified atom stereocenters. The summed E-state index contributed by atoms with van der Waals surface area (Å²) >= 11 is 0. The molecule has 5 heteroatoms. The SMILES string of the molecule is Cc1c(F)cc2c(cnn2C2CCCCO2)c1N. The van der Waals surface area contributed by atoms with Crippen LogP contribution < -0.4 is 5.73 Å². The second-order valence-corrected chi connectivity index (χ2v) is 4.74. The highest BCUT2D eigenvalue weighted by Crippen LogP contribution is 2.31. The Bertz CT molecular complexity index is 587. The third kappa shape index (κ3) is 1.66. The highest BCUT2D eigenvalue weighted by Gasteiger charge is 2.20. The molecule has 2 aromatic rings. The van der Waals surface area contributed by atoms with Gasteiger partial charge in [-0.25, -0.2) is 9.07 Å². The third-order valence-corrected chi connectivity index (χ3v) is 3.58. The molecule has 96 valence electrons. The largest absolute Gasteiger partial charge is 0.398 e. The average Bonchev–Trinajstić information content (AvgIpc) is 2.81. The van der Waals surface area contributed by atoms with Gasteiger partial charge in [0.2, 0.25) is 0 Å². The molecular formula is C13H16FN3O.